The van der Waals surface area contributed by atoms with Gasteiger partial charge in [-0.3, -0.25) is 10.1 Å². The number of nitro groups is 1. The maximum Gasteiger partial charge on any atom is 0.417 e. The van der Waals surface area contributed by atoms with Crippen LogP contribution in [0.25, 0.3) is 0 Å². The molecule has 0 bridgehead atoms. The van der Waals surface area contributed by atoms with Crippen LogP contribution < -0.4 is 0 Å². The van der Waals surface area contributed by atoms with Crippen molar-refractivity contribution in [2.75, 3.05) is 0 Å². The second-order valence-corrected chi connectivity index (χ2v) is 3.22. The summed E-state index contributed by atoms with van der Waals surface area (Å²) in [5, 5.41) is 27.6. The fourth-order valence-electron chi connectivity index (χ4n) is 1.38. The molecular formula is C10H4F3N3O2. The highest BCUT2D eigenvalue weighted by Crippen LogP contribution is 2.36. The molecule has 0 aliphatic rings. The van der Waals surface area contributed by atoms with Gasteiger partial charge in [0.25, 0.3) is 5.69 Å². The second kappa shape index (κ2) is 4.72. The van der Waals surface area contributed by atoms with Crippen molar-refractivity contribution in [2.45, 2.75) is 12.6 Å². The van der Waals surface area contributed by atoms with Crippen molar-refractivity contribution in [1.82, 2.24) is 0 Å². The molecule has 1 rings (SSSR count). The van der Waals surface area contributed by atoms with Crippen molar-refractivity contribution in [2.24, 2.45) is 0 Å². The standard InChI is InChI=1S/C10H4F3N3O2/c11-10(12,13)9-4-7(16(17)18)3-6(5-15)8(9)1-2-14/h3-4H,1H2. The number of hydrogen-bond acceptors (Lipinski definition) is 4. The van der Waals surface area contributed by atoms with Crippen LogP contribution >= 0.6 is 0 Å². The normalized spacial score (nSPS) is 10.5. The first-order valence-electron chi connectivity index (χ1n) is 4.46. The lowest BCUT2D eigenvalue weighted by molar-refractivity contribution is -0.385. The quantitative estimate of drug-likeness (QED) is 0.599. The van der Waals surface area contributed by atoms with Gasteiger partial charge in [0.15, 0.2) is 0 Å². The molecule has 0 unspecified atom stereocenters. The molecule has 0 amide bonds. The van der Waals surface area contributed by atoms with Gasteiger partial charge in [-0.25, -0.2) is 0 Å². The summed E-state index contributed by atoms with van der Waals surface area (Å²) in [4.78, 5) is 9.46. The third kappa shape index (κ3) is 2.55. The Morgan fingerprint density at radius 1 is 1.33 bits per heavy atom. The van der Waals surface area contributed by atoms with E-state index in [4.69, 9.17) is 10.5 Å². The van der Waals surface area contributed by atoms with Crippen LogP contribution in [0.2, 0.25) is 0 Å². The van der Waals surface area contributed by atoms with Crippen molar-refractivity contribution in [3.63, 3.8) is 0 Å². The molecule has 0 saturated carbocycles. The Hall–Kier alpha value is -2.61. The van der Waals surface area contributed by atoms with Crippen LogP contribution in [-0.4, -0.2) is 4.92 Å². The minimum Gasteiger partial charge on any atom is -0.258 e. The first kappa shape index (κ1) is 13.5. The molecule has 0 N–H and O–H groups in total. The number of alkyl halides is 3. The largest absolute Gasteiger partial charge is 0.417 e. The van der Waals surface area contributed by atoms with E-state index in [0.717, 1.165) is 6.07 Å². The van der Waals surface area contributed by atoms with Crippen LogP contribution in [0.1, 0.15) is 16.7 Å². The highest BCUT2D eigenvalue weighted by Gasteiger charge is 2.36. The van der Waals surface area contributed by atoms with E-state index >= 15 is 0 Å². The van der Waals surface area contributed by atoms with Crippen LogP contribution in [0.4, 0.5) is 18.9 Å². The van der Waals surface area contributed by atoms with Crippen molar-refractivity contribution >= 4 is 5.69 Å². The number of non-ortho nitro benzene ring substituents is 1. The summed E-state index contributed by atoms with van der Waals surface area (Å²) >= 11 is 0. The van der Waals surface area contributed by atoms with Crippen LogP contribution in [0.5, 0.6) is 0 Å². The van der Waals surface area contributed by atoms with Gasteiger partial charge in [-0.2, -0.15) is 23.7 Å². The molecule has 0 saturated heterocycles. The Kier molecular flexibility index (Phi) is 3.53. The van der Waals surface area contributed by atoms with Gasteiger partial charge in [-0.1, -0.05) is 0 Å². The number of halogens is 3. The molecule has 0 aromatic heterocycles. The van der Waals surface area contributed by atoms with Gasteiger partial charge in [0.05, 0.1) is 34.6 Å². The van der Waals surface area contributed by atoms with Gasteiger partial charge in [0.1, 0.15) is 0 Å². The first-order chi connectivity index (χ1) is 8.31. The Morgan fingerprint density at radius 3 is 2.33 bits per heavy atom. The fraction of sp³-hybridized carbons (Fsp3) is 0.200. The molecule has 0 spiro atoms. The van der Waals surface area contributed by atoms with E-state index in [1.54, 1.807) is 0 Å². The second-order valence-electron chi connectivity index (χ2n) is 3.22. The molecule has 8 heteroatoms. The van der Waals surface area contributed by atoms with Crippen LogP contribution in [0, 0.1) is 32.8 Å². The lowest BCUT2D eigenvalue weighted by atomic mass is 9.98. The molecule has 0 aliphatic carbocycles. The summed E-state index contributed by atoms with van der Waals surface area (Å²) < 4.78 is 38.1. The number of nitrogens with zero attached hydrogens (tertiary/aromatic N) is 3. The predicted molar refractivity (Wildman–Crippen MR) is 52.1 cm³/mol. The lowest BCUT2D eigenvalue weighted by Crippen LogP contribution is -2.11. The molecule has 0 fully saturated rings. The van der Waals surface area contributed by atoms with Crippen LogP contribution in [0.3, 0.4) is 0 Å². The molecule has 0 radical (unpaired) electrons. The van der Waals surface area contributed by atoms with Gasteiger partial charge in [-0.15, -0.1) is 0 Å². The molecule has 1 aromatic rings. The molecule has 0 heterocycles. The summed E-state index contributed by atoms with van der Waals surface area (Å²) in [6.07, 6.45) is -5.50. The zero-order valence-corrected chi connectivity index (χ0v) is 8.65. The number of benzene rings is 1. The molecule has 0 aliphatic heterocycles. The van der Waals surface area contributed by atoms with Crippen molar-refractivity contribution < 1.29 is 18.1 Å². The Bertz CT molecular complexity index is 582. The van der Waals surface area contributed by atoms with Crippen molar-refractivity contribution in [3.05, 3.63) is 38.9 Å². The zero-order chi connectivity index (χ0) is 13.9. The molecular weight excluding hydrogens is 251 g/mol. The zero-order valence-electron chi connectivity index (χ0n) is 8.65. The minimum atomic E-state index is -4.86. The summed E-state index contributed by atoms with van der Waals surface area (Å²) in [7, 11) is 0. The SMILES string of the molecule is N#CCc1c(C#N)cc([N+](=O)[O-])cc1C(F)(F)F. The van der Waals surface area contributed by atoms with E-state index in [1.807, 2.05) is 0 Å². The van der Waals surface area contributed by atoms with E-state index in [9.17, 15) is 23.3 Å². The molecule has 18 heavy (non-hydrogen) atoms. The van der Waals surface area contributed by atoms with Gasteiger partial charge in [0, 0.05) is 12.1 Å². The third-order valence-corrected chi connectivity index (χ3v) is 2.13. The predicted octanol–water partition coefficient (Wildman–Crippen LogP) is 2.55. The Morgan fingerprint density at radius 2 is 1.94 bits per heavy atom. The van der Waals surface area contributed by atoms with E-state index in [0.29, 0.717) is 6.07 Å². The topological polar surface area (TPSA) is 90.7 Å². The molecule has 92 valence electrons. The van der Waals surface area contributed by atoms with Crippen LogP contribution in [-0.2, 0) is 12.6 Å². The maximum absolute atomic E-state index is 12.7. The Labute approximate surface area is 98.8 Å². The fourth-order valence-corrected chi connectivity index (χ4v) is 1.38. The van der Waals surface area contributed by atoms with E-state index in [-0.39, 0.29) is 0 Å². The van der Waals surface area contributed by atoms with E-state index in [2.05, 4.69) is 0 Å². The summed E-state index contributed by atoms with van der Waals surface area (Å²) in [6.45, 7) is 0. The minimum absolute atomic E-state index is 0.327. The number of rotatable bonds is 2. The highest BCUT2D eigenvalue weighted by molar-refractivity contribution is 5.53. The molecule has 5 nitrogen and oxygen atoms in total. The van der Waals surface area contributed by atoms with Gasteiger partial charge in [0.2, 0.25) is 0 Å². The van der Waals surface area contributed by atoms with Gasteiger partial charge in [-0.05, 0) is 5.56 Å². The van der Waals surface area contributed by atoms with Crippen molar-refractivity contribution in [1.29, 1.82) is 10.5 Å². The highest BCUT2D eigenvalue weighted by atomic mass is 19.4. The lowest BCUT2D eigenvalue weighted by Gasteiger charge is -2.11. The van der Waals surface area contributed by atoms with Crippen LogP contribution in [0.15, 0.2) is 12.1 Å². The number of nitro benzene ring substituents is 1. The average Bonchev–Trinajstić information content (AvgIpc) is 2.27. The van der Waals surface area contributed by atoms with Gasteiger partial charge >= 0.3 is 6.18 Å². The van der Waals surface area contributed by atoms with E-state index < -0.39 is 39.9 Å². The molecule has 0 atom stereocenters. The molecule has 1 aromatic carbocycles. The van der Waals surface area contributed by atoms with Gasteiger partial charge < -0.3 is 0 Å². The smallest absolute Gasteiger partial charge is 0.258 e. The average molecular weight is 255 g/mol. The van der Waals surface area contributed by atoms with E-state index in [1.165, 1.54) is 12.1 Å². The summed E-state index contributed by atoms with van der Waals surface area (Å²) in [6, 6.07) is 3.98. The first-order valence-corrected chi connectivity index (χ1v) is 4.46. The number of nitriles is 2. The van der Waals surface area contributed by atoms with Crippen molar-refractivity contribution in [3.8, 4) is 12.1 Å². The third-order valence-electron chi connectivity index (χ3n) is 2.13. The summed E-state index contributed by atoms with van der Waals surface area (Å²) in [5.74, 6) is 0. The monoisotopic (exact) mass is 255 g/mol. The summed E-state index contributed by atoms with van der Waals surface area (Å²) in [5.41, 5.74) is -3.22. The maximum atomic E-state index is 12.7. The Balaban J connectivity index is 3.65. The number of hydrogen-bond donors (Lipinski definition) is 0.